The van der Waals surface area contributed by atoms with Crippen LogP contribution in [-0.2, 0) is 4.79 Å². The van der Waals surface area contributed by atoms with E-state index in [4.69, 9.17) is 4.74 Å². The summed E-state index contributed by atoms with van der Waals surface area (Å²) in [5, 5.41) is 22.0. The van der Waals surface area contributed by atoms with Crippen molar-refractivity contribution in [3.8, 4) is 5.75 Å². The molecule has 7 heteroatoms. The fourth-order valence-electron chi connectivity index (χ4n) is 2.13. The van der Waals surface area contributed by atoms with Gasteiger partial charge in [-0.15, -0.1) is 0 Å². The smallest absolute Gasteiger partial charge is 0.329 e. The summed E-state index contributed by atoms with van der Waals surface area (Å²) in [7, 11) is 1.50. The molecule has 0 aliphatic rings. The molecule has 0 saturated heterocycles. The summed E-state index contributed by atoms with van der Waals surface area (Å²) in [6.07, 6.45) is -1.40. The van der Waals surface area contributed by atoms with E-state index >= 15 is 0 Å². The Balaban J connectivity index is 2.20. The lowest BCUT2D eigenvalue weighted by Crippen LogP contribution is -2.45. The number of ether oxygens (including phenoxy) is 1. The SMILES string of the molecule is COc1ccc(C(O)C(NC(=O)c2ccccc2Br)C(=O)O)cc1. The van der Waals surface area contributed by atoms with Gasteiger partial charge in [0.05, 0.1) is 12.7 Å². The van der Waals surface area contributed by atoms with Gasteiger partial charge in [0.15, 0.2) is 6.04 Å². The van der Waals surface area contributed by atoms with Crippen molar-refractivity contribution in [1.82, 2.24) is 5.32 Å². The van der Waals surface area contributed by atoms with Gasteiger partial charge in [-0.05, 0) is 45.8 Å². The second-order valence-corrected chi connectivity index (χ2v) is 5.84. The minimum absolute atomic E-state index is 0.283. The Morgan fingerprint density at radius 1 is 1.12 bits per heavy atom. The number of amides is 1. The van der Waals surface area contributed by atoms with E-state index in [2.05, 4.69) is 21.2 Å². The quantitative estimate of drug-likeness (QED) is 0.699. The summed E-state index contributed by atoms with van der Waals surface area (Å²) < 4.78 is 5.55. The van der Waals surface area contributed by atoms with E-state index in [1.54, 1.807) is 48.5 Å². The van der Waals surface area contributed by atoms with Crippen LogP contribution in [0.5, 0.6) is 5.75 Å². The summed E-state index contributed by atoms with van der Waals surface area (Å²) in [6.45, 7) is 0. The van der Waals surface area contributed by atoms with Crippen molar-refractivity contribution in [1.29, 1.82) is 0 Å². The van der Waals surface area contributed by atoms with Crippen molar-refractivity contribution in [2.24, 2.45) is 0 Å². The predicted octanol–water partition coefficient (Wildman–Crippen LogP) is 2.37. The molecule has 0 bridgehead atoms. The van der Waals surface area contributed by atoms with E-state index in [-0.39, 0.29) is 5.56 Å². The van der Waals surface area contributed by atoms with Gasteiger partial charge in [0.2, 0.25) is 0 Å². The molecule has 0 radical (unpaired) electrons. The van der Waals surface area contributed by atoms with Gasteiger partial charge in [0.1, 0.15) is 11.9 Å². The molecule has 126 valence electrons. The van der Waals surface area contributed by atoms with E-state index in [9.17, 15) is 19.8 Å². The lowest BCUT2D eigenvalue weighted by molar-refractivity contribution is -0.142. The van der Waals surface area contributed by atoms with Crippen LogP contribution in [0.4, 0.5) is 0 Å². The van der Waals surface area contributed by atoms with Crippen molar-refractivity contribution in [2.45, 2.75) is 12.1 Å². The van der Waals surface area contributed by atoms with Gasteiger partial charge >= 0.3 is 5.97 Å². The monoisotopic (exact) mass is 393 g/mol. The van der Waals surface area contributed by atoms with Crippen molar-refractivity contribution in [3.63, 3.8) is 0 Å². The third-order valence-electron chi connectivity index (χ3n) is 3.44. The molecule has 0 saturated carbocycles. The molecule has 0 spiro atoms. The molecule has 2 rings (SSSR count). The maximum Gasteiger partial charge on any atom is 0.329 e. The number of halogens is 1. The number of carbonyl (C=O) groups excluding carboxylic acids is 1. The first-order valence-electron chi connectivity index (χ1n) is 7.04. The van der Waals surface area contributed by atoms with E-state index in [1.165, 1.54) is 7.11 Å². The van der Waals surface area contributed by atoms with Gasteiger partial charge in [0, 0.05) is 4.47 Å². The fourth-order valence-corrected chi connectivity index (χ4v) is 2.60. The van der Waals surface area contributed by atoms with Gasteiger partial charge < -0.3 is 20.3 Å². The summed E-state index contributed by atoms with van der Waals surface area (Å²) in [5.74, 6) is -1.35. The van der Waals surface area contributed by atoms with Crippen LogP contribution in [0.25, 0.3) is 0 Å². The molecule has 2 aromatic carbocycles. The lowest BCUT2D eigenvalue weighted by atomic mass is 10.0. The number of carboxylic acids is 1. The zero-order valence-electron chi connectivity index (χ0n) is 12.8. The van der Waals surface area contributed by atoms with Gasteiger partial charge in [-0.3, -0.25) is 4.79 Å². The summed E-state index contributed by atoms with van der Waals surface area (Å²) in [6, 6.07) is 11.4. The first-order valence-corrected chi connectivity index (χ1v) is 7.83. The van der Waals surface area contributed by atoms with Crippen LogP contribution < -0.4 is 10.1 Å². The molecule has 24 heavy (non-hydrogen) atoms. The molecule has 1 amide bonds. The Bertz CT molecular complexity index is 732. The molecule has 2 atom stereocenters. The van der Waals surface area contributed by atoms with Gasteiger partial charge in [-0.25, -0.2) is 4.79 Å². The Morgan fingerprint density at radius 3 is 2.29 bits per heavy atom. The van der Waals surface area contributed by atoms with Crippen molar-refractivity contribution >= 4 is 27.8 Å². The number of carbonyl (C=O) groups is 2. The number of carboxylic acid groups (broad SMARTS) is 1. The molecule has 0 aliphatic heterocycles. The molecular formula is C17H16BrNO5. The minimum Gasteiger partial charge on any atom is -0.497 e. The molecule has 3 N–H and O–H groups in total. The van der Waals surface area contributed by atoms with Crippen LogP contribution in [0.2, 0.25) is 0 Å². The van der Waals surface area contributed by atoms with Crippen LogP contribution in [0.1, 0.15) is 22.0 Å². The number of methoxy groups -OCH3 is 1. The zero-order chi connectivity index (χ0) is 17.7. The third kappa shape index (κ3) is 4.12. The Morgan fingerprint density at radius 2 is 1.75 bits per heavy atom. The number of aliphatic carboxylic acids is 1. The van der Waals surface area contributed by atoms with Gasteiger partial charge in [-0.1, -0.05) is 24.3 Å². The number of hydrogen-bond donors (Lipinski definition) is 3. The molecule has 6 nitrogen and oxygen atoms in total. The second kappa shape index (κ2) is 7.94. The largest absolute Gasteiger partial charge is 0.497 e. The number of hydrogen-bond acceptors (Lipinski definition) is 4. The summed E-state index contributed by atoms with van der Waals surface area (Å²) in [5.41, 5.74) is 0.640. The van der Waals surface area contributed by atoms with Crippen molar-refractivity contribution < 1.29 is 24.5 Å². The van der Waals surface area contributed by atoms with Gasteiger partial charge in [-0.2, -0.15) is 0 Å². The molecular weight excluding hydrogens is 378 g/mol. The Labute approximate surface area is 147 Å². The van der Waals surface area contributed by atoms with Gasteiger partial charge in [0.25, 0.3) is 5.91 Å². The minimum atomic E-state index is -1.49. The number of aliphatic hydroxyl groups is 1. The van der Waals surface area contributed by atoms with Crippen LogP contribution in [-0.4, -0.2) is 35.2 Å². The van der Waals surface area contributed by atoms with E-state index in [0.717, 1.165) is 0 Å². The van der Waals surface area contributed by atoms with Crippen molar-refractivity contribution in [2.75, 3.05) is 7.11 Å². The maximum absolute atomic E-state index is 12.3. The van der Waals surface area contributed by atoms with Crippen LogP contribution in [0, 0.1) is 0 Å². The molecule has 0 heterocycles. The highest BCUT2D eigenvalue weighted by Gasteiger charge is 2.30. The van der Waals surface area contributed by atoms with Crippen molar-refractivity contribution in [3.05, 3.63) is 64.1 Å². The summed E-state index contributed by atoms with van der Waals surface area (Å²) >= 11 is 3.24. The van der Waals surface area contributed by atoms with E-state index < -0.39 is 24.0 Å². The fraction of sp³-hybridized carbons (Fsp3) is 0.176. The molecule has 0 aromatic heterocycles. The predicted molar refractivity (Wildman–Crippen MR) is 91.0 cm³/mol. The first-order chi connectivity index (χ1) is 11.4. The average molecular weight is 394 g/mol. The molecule has 2 unspecified atom stereocenters. The third-order valence-corrected chi connectivity index (χ3v) is 4.14. The Kier molecular flexibility index (Phi) is 5.94. The number of rotatable bonds is 6. The lowest BCUT2D eigenvalue weighted by Gasteiger charge is -2.21. The molecule has 2 aromatic rings. The average Bonchev–Trinajstić information content (AvgIpc) is 2.59. The topological polar surface area (TPSA) is 95.9 Å². The number of aliphatic hydroxyl groups excluding tert-OH is 1. The van der Waals surface area contributed by atoms with Crippen LogP contribution in [0.15, 0.2) is 53.0 Å². The maximum atomic E-state index is 12.3. The Hall–Kier alpha value is -2.38. The highest BCUT2D eigenvalue weighted by atomic mass is 79.9. The number of benzene rings is 2. The van der Waals surface area contributed by atoms with Crippen LogP contribution in [0.3, 0.4) is 0 Å². The first kappa shape index (κ1) is 18.0. The van der Waals surface area contributed by atoms with Crippen LogP contribution >= 0.6 is 15.9 Å². The standard InChI is InChI=1S/C17H16BrNO5/c1-24-11-8-6-10(7-9-11)15(20)14(17(22)23)19-16(21)12-4-2-3-5-13(12)18/h2-9,14-15,20H,1H3,(H,19,21)(H,22,23). The highest BCUT2D eigenvalue weighted by Crippen LogP contribution is 2.22. The van der Waals surface area contributed by atoms with E-state index in [1.807, 2.05) is 0 Å². The molecule has 0 fully saturated rings. The summed E-state index contributed by atoms with van der Waals surface area (Å²) in [4.78, 5) is 23.8. The number of nitrogens with one attached hydrogen (secondary N) is 1. The zero-order valence-corrected chi connectivity index (χ0v) is 14.4. The highest BCUT2D eigenvalue weighted by molar-refractivity contribution is 9.10. The van der Waals surface area contributed by atoms with E-state index in [0.29, 0.717) is 15.8 Å². The normalized spacial score (nSPS) is 13.0. The molecule has 0 aliphatic carbocycles. The second-order valence-electron chi connectivity index (χ2n) is 4.99.